The van der Waals surface area contributed by atoms with Crippen LogP contribution in [0.5, 0.6) is 0 Å². The second-order valence-corrected chi connectivity index (χ2v) is 6.86. The van der Waals surface area contributed by atoms with Crippen molar-refractivity contribution in [3.63, 3.8) is 0 Å². The molecular formula is C18H39ClN2O4. The third-order valence-corrected chi connectivity index (χ3v) is 3.44. The van der Waals surface area contributed by atoms with Crippen LogP contribution in [0, 0.1) is 0 Å². The molecule has 25 heavy (non-hydrogen) atoms. The molecule has 2 saturated heterocycles. The van der Waals surface area contributed by atoms with Crippen molar-refractivity contribution in [3.05, 3.63) is 0 Å². The molecule has 0 aliphatic carbocycles. The van der Waals surface area contributed by atoms with E-state index in [4.69, 9.17) is 14.2 Å². The summed E-state index contributed by atoms with van der Waals surface area (Å²) in [6.07, 6.45) is 4.25. The molecule has 0 aromatic carbocycles. The molecule has 6 nitrogen and oxygen atoms in total. The number of ether oxygens (including phenoxy) is 3. The van der Waals surface area contributed by atoms with E-state index in [0.29, 0.717) is 13.2 Å². The Morgan fingerprint density at radius 1 is 0.920 bits per heavy atom. The second-order valence-electron chi connectivity index (χ2n) is 6.86. The van der Waals surface area contributed by atoms with Crippen LogP contribution in [0.2, 0.25) is 0 Å². The van der Waals surface area contributed by atoms with E-state index in [0.717, 1.165) is 45.8 Å². The SMILES string of the molecule is C.C1CCOCCNC1.CC(C)(C)OC(=O)N1CCCCOCC1.Cl. The lowest BCUT2D eigenvalue weighted by molar-refractivity contribution is 0.0119. The molecule has 0 atom stereocenters. The van der Waals surface area contributed by atoms with E-state index in [1.807, 2.05) is 20.8 Å². The summed E-state index contributed by atoms with van der Waals surface area (Å²) in [6, 6.07) is 0. The Kier molecular flexibility index (Phi) is 16.7. The quantitative estimate of drug-likeness (QED) is 0.695. The van der Waals surface area contributed by atoms with Crippen LogP contribution in [0.3, 0.4) is 0 Å². The average Bonchev–Trinajstić information content (AvgIpc) is 2.35. The van der Waals surface area contributed by atoms with Gasteiger partial charge in [-0.2, -0.15) is 0 Å². The number of nitrogens with one attached hydrogen (secondary N) is 1. The minimum atomic E-state index is -0.416. The Morgan fingerprint density at radius 3 is 2.24 bits per heavy atom. The van der Waals surface area contributed by atoms with Gasteiger partial charge in [0, 0.05) is 32.8 Å². The minimum absolute atomic E-state index is 0. The van der Waals surface area contributed by atoms with E-state index < -0.39 is 5.60 Å². The molecule has 0 spiro atoms. The summed E-state index contributed by atoms with van der Waals surface area (Å²) in [5, 5.41) is 3.26. The van der Waals surface area contributed by atoms with Crippen molar-refractivity contribution < 1.29 is 19.0 Å². The Labute approximate surface area is 160 Å². The highest BCUT2D eigenvalue weighted by atomic mass is 35.5. The summed E-state index contributed by atoms with van der Waals surface area (Å²) in [7, 11) is 0. The molecule has 0 bridgehead atoms. The van der Waals surface area contributed by atoms with Crippen molar-refractivity contribution in [2.45, 2.75) is 59.5 Å². The van der Waals surface area contributed by atoms with Crippen LogP contribution >= 0.6 is 12.4 Å². The molecule has 7 heteroatoms. The van der Waals surface area contributed by atoms with Crippen LogP contribution in [-0.2, 0) is 14.2 Å². The van der Waals surface area contributed by atoms with Gasteiger partial charge in [-0.3, -0.25) is 0 Å². The Morgan fingerprint density at radius 2 is 1.56 bits per heavy atom. The van der Waals surface area contributed by atoms with Crippen molar-refractivity contribution in [3.8, 4) is 0 Å². The number of carbonyl (C=O) groups excluding carboxylic acids is 1. The topological polar surface area (TPSA) is 60.0 Å². The predicted octanol–water partition coefficient (Wildman–Crippen LogP) is 3.48. The molecule has 2 aliphatic rings. The maximum atomic E-state index is 11.7. The number of hydrogen-bond donors (Lipinski definition) is 1. The number of hydrogen-bond acceptors (Lipinski definition) is 5. The van der Waals surface area contributed by atoms with Gasteiger partial charge in [-0.05, 0) is 53.0 Å². The van der Waals surface area contributed by atoms with Crippen LogP contribution in [-0.4, -0.2) is 69.2 Å². The third kappa shape index (κ3) is 15.4. The van der Waals surface area contributed by atoms with E-state index in [1.54, 1.807) is 4.90 Å². The average molecular weight is 383 g/mol. The summed E-state index contributed by atoms with van der Waals surface area (Å²) in [6.45, 7) is 12.5. The van der Waals surface area contributed by atoms with Gasteiger partial charge in [0.05, 0.1) is 13.2 Å². The van der Waals surface area contributed by atoms with E-state index in [-0.39, 0.29) is 25.9 Å². The zero-order valence-electron chi connectivity index (χ0n) is 15.5. The molecule has 1 N–H and O–H groups in total. The Bertz CT molecular complexity index is 293. The molecular weight excluding hydrogens is 344 g/mol. The van der Waals surface area contributed by atoms with Gasteiger partial charge in [0.1, 0.15) is 5.60 Å². The lowest BCUT2D eigenvalue weighted by Gasteiger charge is -2.28. The standard InChI is InChI=1S/C11H21NO3.C6H13NO.CH4.ClH/c1-11(2,3)15-10(13)12-6-4-5-8-14-9-7-12;1-2-5-8-6-4-7-3-1;;/h4-9H2,1-3H3;7H,1-6H2;1H4;1H. The van der Waals surface area contributed by atoms with Crippen LogP contribution in [0.4, 0.5) is 4.79 Å². The summed E-state index contributed by atoms with van der Waals surface area (Å²) in [4.78, 5) is 13.5. The van der Waals surface area contributed by atoms with E-state index in [1.165, 1.54) is 19.4 Å². The fraction of sp³-hybridized carbons (Fsp3) is 0.944. The first kappa shape index (κ1) is 26.7. The van der Waals surface area contributed by atoms with Gasteiger partial charge in [0.2, 0.25) is 0 Å². The summed E-state index contributed by atoms with van der Waals surface area (Å²) >= 11 is 0. The van der Waals surface area contributed by atoms with Crippen LogP contribution in [0.15, 0.2) is 0 Å². The molecule has 1 amide bonds. The summed E-state index contributed by atoms with van der Waals surface area (Å²) in [5.74, 6) is 0. The lowest BCUT2D eigenvalue weighted by atomic mass is 10.2. The second kappa shape index (κ2) is 15.7. The molecule has 0 unspecified atom stereocenters. The van der Waals surface area contributed by atoms with Crippen molar-refractivity contribution in [1.82, 2.24) is 10.2 Å². The van der Waals surface area contributed by atoms with E-state index in [9.17, 15) is 4.79 Å². The zero-order chi connectivity index (χ0) is 17.0. The molecule has 152 valence electrons. The van der Waals surface area contributed by atoms with E-state index in [2.05, 4.69) is 5.32 Å². The highest BCUT2D eigenvalue weighted by Gasteiger charge is 2.22. The first-order valence-corrected chi connectivity index (χ1v) is 8.83. The molecule has 2 aliphatic heterocycles. The van der Waals surface area contributed by atoms with Crippen LogP contribution < -0.4 is 5.32 Å². The van der Waals surface area contributed by atoms with Crippen molar-refractivity contribution in [1.29, 1.82) is 0 Å². The fourth-order valence-corrected chi connectivity index (χ4v) is 2.23. The maximum absolute atomic E-state index is 11.7. The molecule has 2 heterocycles. The minimum Gasteiger partial charge on any atom is -0.444 e. The predicted molar refractivity (Wildman–Crippen MR) is 105 cm³/mol. The number of nitrogens with zero attached hydrogens (tertiary/aromatic N) is 1. The highest BCUT2D eigenvalue weighted by molar-refractivity contribution is 5.85. The number of amides is 1. The zero-order valence-corrected chi connectivity index (χ0v) is 16.3. The van der Waals surface area contributed by atoms with Crippen molar-refractivity contribution in [2.24, 2.45) is 0 Å². The van der Waals surface area contributed by atoms with Crippen molar-refractivity contribution >= 4 is 18.5 Å². The van der Waals surface area contributed by atoms with Gasteiger partial charge in [-0.25, -0.2) is 4.79 Å². The summed E-state index contributed by atoms with van der Waals surface area (Å²) in [5.41, 5.74) is -0.416. The third-order valence-electron chi connectivity index (χ3n) is 3.44. The van der Waals surface area contributed by atoms with Crippen molar-refractivity contribution in [2.75, 3.05) is 52.6 Å². The first-order valence-electron chi connectivity index (χ1n) is 8.83. The molecule has 0 radical (unpaired) electrons. The molecule has 0 aromatic rings. The van der Waals surface area contributed by atoms with Gasteiger partial charge in [-0.15, -0.1) is 12.4 Å². The highest BCUT2D eigenvalue weighted by Crippen LogP contribution is 2.11. The van der Waals surface area contributed by atoms with Crippen LogP contribution in [0.1, 0.15) is 53.9 Å². The fourth-order valence-electron chi connectivity index (χ4n) is 2.23. The molecule has 0 aromatic heterocycles. The smallest absolute Gasteiger partial charge is 0.410 e. The van der Waals surface area contributed by atoms with E-state index >= 15 is 0 Å². The largest absolute Gasteiger partial charge is 0.444 e. The van der Waals surface area contributed by atoms with Gasteiger partial charge in [0.15, 0.2) is 0 Å². The Balaban J connectivity index is 0. The lowest BCUT2D eigenvalue weighted by Crippen LogP contribution is -2.40. The monoisotopic (exact) mass is 382 g/mol. The van der Waals surface area contributed by atoms with Gasteiger partial charge >= 0.3 is 6.09 Å². The molecule has 0 saturated carbocycles. The maximum Gasteiger partial charge on any atom is 0.410 e. The first-order chi connectivity index (χ1) is 11.0. The normalized spacial score (nSPS) is 19.2. The van der Waals surface area contributed by atoms with Gasteiger partial charge < -0.3 is 24.4 Å². The number of rotatable bonds is 0. The number of carbonyl (C=O) groups is 1. The molecule has 2 rings (SSSR count). The number of halogens is 1. The molecule has 2 fully saturated rings. The van der Waals surface area contributed by atoms with Gasteiger partial charge in [-0.1, -0.05) is 7.43 Å². The Hall–Kier alpha value is -0.560. The summed E-state index contributed by atoms with van der Waals surface area (Å²) < 4.78 is 15.9. The van der Waals surface area contributed by atoms with Gasteiger partial charge in [0.25, 0.3) is 0 Å². The van der Waals surface area contributed by atoms with Crippen LogP contribution in [0.25, 0.3) is 0 Å².